The molecule has 0 atom stereocenters. The molecule has 0 bridgehead atoms. The lowest BCUT2D eigenvalue weighted by Crippen LogP contribution is -2.10. The molecular formula is C57H35N5O. The van der Waals surface area contributed by atoms with Crippen LogP contribution < -0.4 is 0 Å². The molecule has 4 aromatic heterocycles. The van der Waals surface area contributed by atoms with E-state index in [-0.39, 0.29) is 0 Å². The summed E-state index contributed by atoms with van der Waals surface area (Å²) in [5, 5.41) is 6.83. The maximum atomic E-state index is 6.19. The molecule has 0 fully saturated rings. The van der Waals surface area contributed by atoms with Gasteiger partial charge in [0.15, 0.2) is 5.82 Å². The van der Waals surface area contributed by atoms with Crippen LogP contribution in [0.5, 0.6) is 0 Å². The van der Waals surface area contributed by atoms with Crippen molar-refractivity contribution in [2.45, 2.75) is 0 Å². The largest absolute Gasteiger partial charge is 0.456 e. The van der Waals surface area contributed by atoms with E-state index in [0.29, 0.717) is 17.7 Å². The van der Waals surface area contributed by atoms with E-state index < -0.39 is 0 Å². The van der Waals surface area contributed by atoms with Crippen LogP contribution in [0.25, 0.3) is 122 Å². The van der Waals surface area contributed by atoms with Crippen molar-refractivity contribution in [2.24, 2.45) is 0 Å². The van der Waals surface area contributed by atoms with E-state index in [4.69, 9.17) is 19.4 Å². The van der Waals surface area contributed by atoms with Crippen LogP contribution in [0.15, 0.2) is 217 Å². The summed E-state index contributed by atoms with van der Waals surface area (Å²) in [6, 6.07) is 74.5. The van der Waals surface area contributed by atoms with Gasteiger partial charge in [-0.3, -0.25) is 9.13 Å². The van der Waals surface area contributed by atoms with Crippen molar-refractivity contribution < 1.29 is 4.42 Å². The first-order valence-electron chi connectivity index (χ1n) is 21.2. The van der Waals surface area contributed by atoms with Crippen molar-refractivity contribution in [3.05, 3.63) is 212 Å². The minimum atomic E-state index is 0.549. The first-order valence-corrected chi connectivity index (χ1v) is 21.2. The van der Waals surface area contributed by atoms with Crippen molar-refractivity contribution in [3.8, 4) is 56.7 Å². The Morgan fingerprint density at radius 3 is 1.40 bits per heavy atom. The van der Waals surface area contributed by atoms with Gasteiger partial charge < -0.3 is 4.42 Å². The molecule has 0 spiro atoms. The van der Waals surface area contributed by atoms with Crippen LogP contribution in [0.1, 0.15) is 0 Å². The molecular weight excluding hydrogens is 771 g/mol. The second-order valence-electron chi connectivity index (χ2n) is 16.0. The highest BCUT2D eigenvalue weighted by molar-refractivity contribution is 6.13. The van der Waals surface area contributed by atoms with Crippen LogP contribution in [-0.4, -0.2) is 24.1 Å². The summed E-state index contributed by atoms with van der Waals surface area (Å²) >= 11 is 0. The third kappa shape index (κ3) is 5.62. The zero-order valence-electron chi connectivity index (χ0n) is 33.9. The van der Waals surface area contributed by atoms with Gasteiger partial charge in [0, 0.05) is 37.9 Å². The first kappa shape index (κ1) is 35.2. The number of hydrogen-bond donors (Lipinski definition) is 0. The quantitative estimate of drug-likeness (QED) is 0.168. The van der Waals surface area contributed by atoms with E-state index in [1.807, 2.05) is 18.2 Å². The van der Waals surface area contributed by atoms with Gasteiger partial charge in [0.25, 0.3) is 0 Å². The SMILES string of the molecule is c1ccc(-c2ccc3c4ccccc4n(-c4nc(-c5ccc(-c6ccc(-c7cccc8oc9ccccc9c78)cc6)cc5)nc(-n5c6ccccc6c6ccccc65)n4)c3c2)cc1. The molecule has 0 unspecified atom stereocenters. The minimum absolute atomic E-state index is 0.549. The number of benzene rings is 9. The van der Waals surface area contributed by atoms with Crippen molar-refractivity contribution in [1.82, 2.24) is 24.1 Å². The smallest absolute Gasteiger partial charge is 0.240 e. The number of hydrogen-bond acceptors (Lipinski definition) is 4. The van der Waals surface area contributed by atoms with E-state index in [1.165, 1.54) is 0 Å². The number of furan rings is 1. The molecule has 6 heteroatoms. The summed E-state index contributed by atoms with van der Waals surface area (Å²) in [6.07, 6.45) is 0. The fourth-order valence-electron chi connectivity index (χ4n) is 9.49. The fraction of sp³-hybridized carbons (Fsp3) is 0. The number of nitrogens with zero attached hydrogens (tertiary/aromatic N) is 5. The van der Waals surface area contributed by atoms with Crippen LogP contribution in [0.4, 0.5) is 0 Å². The summed E-state index contributed by atoms with van der Waals surface area (Å²) in [7, 11) is 0. The van der Waals surface area contributed by atoms with Gasteiger partial charge in [-0.25, -0.2) is 0 Å². The number of fused-ring (bicyclic) bond motifs is 9. The number of aromatic nitrogens is 5. The molecule has 294 valence electrons. The Bertz CT molecular complexity index is 3840. The highest BCUT2D eigenvalue weighted by atomic mass is 16.3. The molecule has 0 N–H and O–H groups in total. The highest BCUT2D eigenvalue weighted by Crippen LogP contribution is 2.39. The van der Waals surface area contributed by atoms with Gasteiger partial charge in [0.05, 0.1) is 22.1 Å². The molecule has 4 heterocycles. The van der Waals surface area contributed by atoms with Crippen molar-refractivity contribution in [2.75, 3.05) is 0 Å². The third-order valence-corrected chi connectivity index (χ3v) is 12.4. The van der Waals surface area contributed by atoms with Crippen LogP contribution in [0.3, 0.4) is 0 Å². The molecule has 0 amide bonds. The van der Waals surface area contributed by atoms with Crippen molar-refractivity contribution in [3.63, 3.8) is 0 Å². The van der Waals surface area contributed by atoms with Gasteiger partial charge in [-0.15, -0.1) is 0 Å². The minimum Gasteiger partial charge on any atom is -0.456 e. The zero-order chi connectivity index (χ0) is 41.4. The maximum absolute atomic E-state index is 6.19. The second-order valence-corrected chi connectivity index (χ2v) is 16.0. The predicted octanol–water partition coefficient (Wildman–Crippen LogP) is 14.6. The van der Waals surface area contributed by atoms with Crippen molar-refractivity contribution in [1.29, 1.82) is 0 Å². The van der Waals surface area contributed by atoms with E-state index in [1.54, 1.807) is 0 Å². The van der Waals surface area contributed by atoms with Gasteiger partial charge in [0.1, 0.15) is 11.2 Å². The monoisotopic (exact) mass is 805 g/mol. The second kappa shape index (κ2) is 14.0. The molecule has 0 saturated heterocycles. The summed E-state index contributed by atoms with van der Waals surface area (Å²) in [5.41, 5.74) is 13.6. The Labute approximate surface area is 361 Å². The Hall–Kier alpha value is -8.61. The van der Waals surface area contributed by atoms with Crippen LogP contribution in [-0.2, 0) is 0 Å². The molecule has 63 heavy (non-hydrogen) atoms. The summed E-state index contributed by atoms with van der Waals surface area (Å²) in [6.45, 7) is 0. The normalized spacial score (nSPS) is 11.8. The van der Waals surface area contributed by atoms with E-state index in [0.717, 1.165) is 104 Å². The van der Waals surface area contributed by atoms with Gasteiger partial charge >= 0.3 is 0 Å². The molecule has 6 nitrogen and oxygen atoms in total. The van der Waals surface area contributed by atoms with E-state index in [9.17, 15) is 0 Å². The third-order valence-electron chi connectivity index (χ3n) is 12.4. The summed E-state index contributed by atoms with van der Waals surface area (Å²) in [5.74, 6) is 1.69. The van der Waals surface area contributed by atoms with Gasteiger partial charge in [0.2, 0.25) is 11.9 Å². The Balaban J connectivity index is 0.966. The van der Waals surface area contributed by atoms with Crippen molar-refractivity contribution >= 4 is 65.6 Å². The number of para-hydroxylation sites is 4. The van der Waals surface area contributed by atoms with E-state index >= 15 is 0 Å². The van der Waals surface area contributed by atoms with E-state index in [2.05, 4.69) is 203 Å². The van der Waals surface area contributed by atoms with Gasteiger partial charge in [-0.05, 0) is 69.8 Å². The molecule has 9 aromatic carbocycles. The van der Waals surface area contributed by atoms with Gasteiger partial charge in [-0.1, -0.05) is 176 Å². The lowest BCUT2D eigenvalue weighted by molar-refractivity contribution is 0.669. The average molecular weight is 806 g/mol. The topological polar surface area (TPSA) is 61.7 Å². The lowest BCUT2D eigenvalue weighted by Gasteiger charge is -2.13. The molecule has 0 aliphatic rings. The molecule has 13 aromatic rings. The number of rotatable bonds is 6. The lowest BCUT2D eigenvalue weighted by atomic mass is 9.96. The summed E-state index contributed by atoms with van der Waals surface area (Å²) < 4.78 is 10.6. The Morgan fingerprint density at radius 1 is 0.302 bits per heavy atom. The maximum Gasteiger partial charge on any atom is 0.240 e. The molecule has 0 radical (unpaired) electrons. The zero-order valence-corrected chi connectivity index (χ0v) is 33.9. The standard InChI is InChI=1S/C57H35N5O/c1-2-13-36(14-3-1)41-33-34-46-45-17-6-10-22-50(45)62(51(46)35-41)57-59-55(58-56(60-57)61-48-20-8-4-15-43(48)44-16-5-9-21-49(44)61)40-31-27-38(28-32-40)37-25-29-39(30-26-37)42-19-12-24-53-54(42)47-18-7-11-23-52(47)63-53/h1-35H. The predicted molar refractivity (Wildman–Crippen MR) is 258 cm³/mol. The molecule has 0 saturated carbocycles. The average Bonchev–Trinajstić information content (AvgIpc) is 4.02. The first-order chi connectivity index (χ1) is 31.2. The van der Waals surface area contributed by atoms with Crippen LogP contribution >= 0.6 is 0 Å². The summed E-state index contributed by atoms with van der Waals surface area (Å²) in [4.78, 5) is 16.0. The van der Waals surface area contributed by atoms with Crippen LogP contribution in [0.2, 0.25) is 0 Å². The van der Waals surface area contributed by atoms with Crippen LogP contribution in [0, 0.1) is 0 Å². The Kier molecular flexibility index (Phi) is 7.80. The Morgan fingerprint density at radius 2 is 0.762 bits per heavy atom. The highest BCUT2D eigenvalue weighted by Gasteiger charge is 2.21. The molecule has 0 aliphatic heterocycles. The van der Waals surface area contributed by atoms with Gasteiger partial charge in [-0.2, -0.15) is 15.0 Å². The fourth-order valence-corrected chi connectivity index (χ4v) is 9.49. The molecule has 0 aliphatic carbocycles. The molecule has 13 rings (SSSR count).